The summed E-state index contributed by atoms with van der Waals surface area (Å²) >= 11 is 2.79. The molecule has 0 saturated carbocycles. The summed E-state index contributed by atoms with van der Waals surface area (Å²) in [6, 6.07) is 9.37. The molecule has 0 spiro atoms. The van der Waals surface area contributed by atoms with Gasteiger partial charge in [0, 0.05) is 12.2 Å². The van der Waals surface area contributed by atoms with Crippen molar-refractivity contribution in [1.82, 2.24) is 9.55 Å². The Kier molecular flexibility index (Phi) is 4.77. The molecule has 0 amide bonds. The third-order valence-corrected chi connectivity index (χ3v) is 5.63. The van der Waals surface area contributed by atoms with E-state index in [9.17, 15) is 9.59 Å². The number of ether oxygens (including phenoxy) is 1. The number of rotatable bonds is 4. The number of carbonyl (C=O) groups is 1. The van der Waals surface area contributed by atoms with Gasteiger partial charge in [-0.1, -0.05) is 30.0 Å². The van der Waals surface area contributed by atoms with E-state index < -0.39 is 5.25 Å². The molecule has 1 aliphatic rings. The fourth-order valence-corrected chi connectivity index (χ4v) is 4.34. The summed E-state index contributed by atoms with van der Waals surface area (Å²) in [7, 11) is 1.36. The number of para-hydroxylation sites is 1. The van der Waals surface area contributed by atoms with E-state index in [0.717, 1.165) is 23.6 Å². The molecule has 1 aromatic carbocycles. The van der Waals surface area contributed by atoms with Gasteiger partial charge in [0.05, 0.1) is 23.4 Å². The first-order valence-corrected chi connectivity index (χ1v) is 9.07. The maximum Gasteiger partial charge on any atom is 0.318 e. The van der Waals surface area contributed by atoms with Crippen LogP contribution in [0.3, 0.4) is 0 Å². The van der Waals surface area contributed by atoms with Gasteiger partial charge in [-0.25, -0.2) is 4.98 Å². The van der Waals surface area contributed by atoms with Crippen LogP contribution in [0.5, 0.6) is 0 Å². The van der Waals surface area contributed by atoms with Gasteiger partial charge in [0.15, 0.2) is 5.16 Å². The normalized spacial score (nSPS) is 14.3. The number of hydrogen-bond acceptors (Lipinski definition) is 6. The molecule has 5 nitrogen and oxygen atoms in total. The fourth-order valence-electron chi connectivity index (χ4n) is 2.35. The van der Waals surface area contributed by atoms with Crippen LogP contribution in [0, 0.1) is 0 Å². The van der Waals surface area contributed by atoms with Crippen LogP contribution in [0.4, 0.5) is 0 Å². The van der Waals surface area contributed by atoms with Crippen molar-refractivity contribution >= 4 is 29.5 Å². The second-order valence-electron chi connectivity index (χ2n) is 5.03. The van der Waals surface area contributed by atoms with Crippen molar-refractivity contribution in [3.05, 3.63) is 46.4 Å². The van der Waals surface area contributed by atoms with E-state index in [0.29, 0.717) is 10.1 Å². The minimum absolute atomic E-state index is 0.0664. The predicted molar refractivity (Wildman–Crippen MR) is 91.6 cm³/mol. The lowest BCUT2D eigenvalue weighted by Crippen LogP contribution is -2.25. The summed E-state index contributed by atoms with van der Waals surface area (Å²) in [6.07, 6.45) is 0.783. The predicted octanol–water partition coefficient (Wildman–Crippen LogP) is 2.53. The Hall–Kier alpha value is -1.73. The van der Waals surface area contributed by atoms with Gasteiger partial charge in [-0.15, -0.1) is 11.8 Å². The molecule has 1 atom stereocenters. The number of thioether (sulfide) groups is 2. The third kappa shape index (κ3) is 3.16. The summed E-state index contributed by atoms with van der Waals surface area (Å²) < 4.78 is 6.36. The highest BCUT2D eigenvalue weighted by Crippen LogP contribution is 2.31. The highest BCUT2D eigenvalue weighted by Gasteiger charge is 2.25. The average molecular weight is 348 g/mol. The van der Waals surface area contributed by atoms with E-state index >= 15 is 0 Å². The van der Waals surface area contributed by atoms with Crippen LogP contribution in [0.15, 0.2) is 45.2 Å². The fraction of sp³-hybridized carbons (Fsp3) is 0.312. The Morgan fingerprint density at radius 1 is 1.39 bits per heavy atom. The lowest BCUT2D eigenvalue weighted by molar-refractivity contribution is -0.139. The monoisotopic (exact) mass is 348 g/mol. The molecule has 120 valence electrons. The number of carbonyl (C=O) groups excluding carboxylic acids is 1. The van der Waals surface area contributed by atoms with Crippen LogP contribution in [0.1, 0.15) is 12.6 Å². The number of fused-ring (bicyclic) bond motifs is 1. The number of hydrogen-bond donors (Lipinski definition) is 0. The Balaban J connectivity index is 2.12. The van der Waals surface area contributed by atoms with Gasteiger partial charge in [-0.3, -0.25) is 14.2 Å². The molecule has 0 saturated heterocycles. The zero-order chi connectivity index (χ0) is 16.4. The summed E-state index contributed by atoms with van der Waals surface area (Å²) in [5.41, 5.74) is 1.51. The van der Waals surface area contributed by atoms with Gasteiger partial charge in [0.25, 0.3) is 5.56 Å². The van der Waals surface area contributed by atoms with Gasteiger partial charge >= 0.3 is 5.97 Å². The first-order valence-electron chi connectivity index (χ1n) is 7.20. The minimum Gasteiger partial charge on any atom is -0.468 e. The molecule has 2 heterocycles. The van der Waals surface area contributed by atoms with Crippen LogP contribution in [0.2, 0.25) is 0 Å². The lowest BCUT2D eigenvalue weighted by atomic mass is 10.3. The maximum atomic E-state index is 12.9. The second-order valence-corrected chi connectivity index (χ2v) is 7.44. The Labute approximate surface area is 142 Å². The van der Waals surface area contributed by atoms with Crippen LogP contribution in [-0.2, 0) is 16.0 Å². The number of methoxy groups -OCH3 is 1. The minimum atomic E-state index is -0.436. The Bertz CT molecular complexity index is 790. The first-order chi connectivity index (χ1) is 11.1. The van der Waals surface area contributed by atoms with Crippen LogP contribution < -0.4 is 5.56 Å². The third-order valence-electron chi connectivity index (χ3n) is 3.50. The second kappa shape index (κ2) is 6.80. The van der Waals surface area contributed by atoms with E-state index in [-0.39, 0.29) is 11.5 Å². The van der Waals surface area contributed by atoms with Crippen molar-refractivity contribution in [2.45, 2.75) is 28.6 Å². The maximum absolute atomic E-state index is 12.9. The Morgan fingerprint density at radius 2 is 2.13 bits per heavy atom. The lowest BCUT2D eigenvalue weighted by Gasteiger charge is -2.15. The highest BCUT2D eigenvalue weighted by atomic mass is 32.2. The quantitative estimate of drug-likeness (QED) is 0.481. The number of aryl methyl sites for hydroxylation is 1. The molecule has 2 aromatic rings. The molecule has 0 aliphatic carbocycles. The van der Waals surface area contributed by atoms with Crippen molar-refractivity contribution in [2.75, 3.05) is 12.9 Å². The molecule has 0 unspecified atom stereocenters. The molecule has 1 aromatic heterocycles. The number of nitrogens with zero attached hydrogens (tertiary/aromatic N) is 2. The largest absolute Gasteiger partial charge is 0.468 e. The topological polar surface area (TPSA) is 61.2 Å². The SMILES string of the molecule is COC(=O)[C@@H](C)Sc1nc2c(c(=O)n1-c1ccccc1)SCC2. The van der Waals surface area contributed by atoms with Crippen LogP contribution >= 0.6 is 23.5 Å². The van der Waals surface area contributed by atoms with Crippen LogP contribution in [-0.4, -0.2) is 33.6 Å². The van der Waals surface area contributed by atoms with Crippen molar-refractivity contribution in [1.29, 1.82) is 0 Å². The van der Waals surface area contributed by atoms with Gasteiger partial charge in [0.2, 0.25) is 0 Å². The zero-order valence-corrected chi connectivity index (χ0v) is 14.4. The van der Waals surface area contributed by atoms with Gasteiger partial charge in [0.1, 0.15) is 5.25 Å². The smallest absolute Gasteiger partial charge is 0.318 e. The molecular formula is C16H16N2O3S2. The summed E-state index contributed by atoms with van der Waals surface area (Å²) in [6.45, 7) is 1.75. The van der Waals surface area contributed by atoms with Gasteiger partial charge in [-0.2, -0.15) is 0 Å². The van der Waals surface area contributed by atoms with E-state index in [2.05, 4.69) is 4.98 Å². The molecule has 0 N–H and O–H groups in total. The molecule has 0 fully saturated rings. The number of aromatic nitrogens is 2. The van der Waals surface area contributed by atoms with Crippen molar-refractivity contribution < 1.29 is 9.53 Å². The molecule has 3 rings (SSSR count). The van der Waals surface area contributed by atoms with E-state index in [1.54, 1.807) is 23.3 Å². The molecule has 1 aliphatic heterocycles. The van der Waals surface area contributed by atoms with E-state index in [1.165, 1.54) is 18.9 Å². The number of benzene rings is 1. The summed E-state index contributed by atoms with van der Waals surface area (Å²) in [4.78, 5) is 30.0. The van der Waals surface area contributed by atoms with E-state index in [4.69, 9.17) is 4.74 Å². The summed E-state index contributed by atoms with van der Waals surface area (Å²) in [5, 5.41) is 0.0920. The first kappa shape index (κ1) is 16.1. The van der Waals surface area contributed by atoms with Crippen molar-refractivity contribution in [2.24, 2.45) is 0 Å². The molecule has 7 heteroatoms. The average Bonchev–Trinajstić information content (AvgIpc) is 3.03. The van der Waals surface area contributed by atoms with Crippen molar-refractivity contribution in [3.63, 3.8) is 0 Å². The molecular weight excluding hydrogens is 332 g/mol. The highest BCUT2D eigenvalue weighted by molar-refractivity contribution is 8.00. The molecule has 23 heavy (non-hydrogen) atoms. The van der Waals surface area contributed by atoms with E-state index in [1.807, 2.05) is 30.3 Å². The molecule has 0 radical (unpaired) electrons. The van der Waals surface area contributed by atoms with Gasteiger partial charge in [-0.05, 0) is 19.1 Å². The number of esters is 1. The van der Waals surface area contributed by atoms with Gasteiger partial charge < -0.3 is 4.74 Å². The standard InChI is InChI=1S/C16H16N2O3S2/c1-10(15(20)21-2)23-16-17-12-8-9-22-13(12)14(19)18(16)11-6-4-3-5-7-11/h3-7,10H,8-9H2,1-2H3/t10-/m1/s1. The van der Waals surface area contributed by atoms with Crippen LogP contribution in [0.25, 0.3) is 5.69 Å². The van der Waals surface area contributed by atoms with Crippen molar-refractivity contribution in [3.8, 4) is 5.69 Å². The summed E-state index contributed by atoms with van der Waals surface area (Å²) in [5.74, 6) is 0.534. The molecule has 0 bridgehead atoms. The Morgan fingerprint density at radius 3 is 2.83 bits per heavy atom. The zero-order valence-electron chi connectivity index (χ0n) is 12.8.